The molecule has 1 N–H and O–H groups in total. The van der Waals surface area contributed by atoms with Crippen LogP contribution in [0.3, 0.4) is 0 Å². The lowest BCUT2D eigenvalue weighted by atomic mass is 10.1. The van der Waals surface area contributed by atoms with E-state index < -0.39 is 5.91 Å². The number of morpholine rings is 1. The van der Waals surface area contributed by atoms with Crippen molar-refractivity contribution in [2.75, 3.05) is 36.5 Å². The highest BCUT2D eigenvalue weighted by atomic mass is 35.5. The van der Waals surface area contributed by atoms with Crippen molar-refractivity contribution in [3.8, 4) is 11.8 Å². The van der Waals surface area contributed by atoms with Crippen molar-refractivity contribution < 1.29 is 9.53 Å². The number of nitrogens with one attached hydrogen (secondary N) is 1. The molecule has 6 nitrogen and oxygen atoms in total. The van der Waals surface area contributed by atoms with E-state index in [0.717, 1.165) is 48.9 Å². The second-order valence-corrected chi connectivity index (χ2v) is 8.84. The Morgan fingerprint density at radius 1 is 1.03 bits per heavy atom. The Labute approximate surface area is 209 Å². The smallest absolute Gasteiger partial charge is 0.266 e. The molecular formula is C26H24Cl2N4O2. The first-order valence-corrected chi connectivity index (χ1v) is 11.6. The summed E-state index contributed by atoms with van der Waals surface area (Å²) in [7, 11) is 0. The van der Waals surface area contributed by atoms with Crippen molar-refractivity contribution in [1.29, 1.82) is 5.26 Å². The van der Waals surface area contributed by atoms with Gasteiger partial charge in [-0.3, -0.25) is 4.79 Å². The van der Waals surface area contributed by atoms with Gasteiger partial charge in [-0.2, -0.15) is 5.26 Å². The van der Waals surface area contributed by atoms with Crippen molar-refractivity contribution in [1.82, 2.24) is 4.57 Å². The lowest BCUT2D eigenvalue weighted by Crippen LogP contribution is -2.36. The fourth-order valence-corrected chi connectivity index (χ4v) is 4.34. The Morgan fingerprint density at radius 3 is 2.35 bits per heavy atom. The number of rotatable bonds is 5. The molecule has 0 bridgehead atoms. The van der Waals surface area contributed by atoms with Crippen molar-refractivity contribution >= 4 is 46.6 Å². The molecule has 4 rings (SSSR count). The number of benzene rings is 2. The number of nitriles is 1. The number of carbonyl (C=O) groups is 1. The molecule has 3 aromatic rings. The molecule has 0 saturated carbocycles. The summed E-state index contributed by atoms with van der Waals surface area (Å²) in [5.41, 5.74) is 5.39. The Hall–Kier alpha value is -3.24. The quantitative estimate of drug-likeness (QED) is 0.360. The summed E-state index contributed by atoms with van der Waals surface area (Å²) in [4.78, 5) is 15.0. The molecular weight excluding hydrogens is 471 g/mol. The summed E-state index contributed by atoms with van der Waals surface area (Å²) >= 11 is 11.9. The zero-order valence-corrected chi connectivity index (χ0v) is 20.5. The minimum Gasteiger partial charge on any atom is -0.378 e. The van der Waals surface area contributed by atoms with Gasteiger partial charge >= 0.3 is 0 Å². The molecule has 1 aliphatic rings. The standard InChI is InChI=1S/C26H24Cl2N4O2/c1-17-13-19(14-20(16-29)26(33)30-21-3-8-24(27)25(28)15-21)18(2)32(17)23-6-4-22(5-7-23)31-9-11-34-12-10-31/h3-8,13-15H,9-12H2,1-2H3,(H,30,33)/b20-14-. The molecule has 2 aromatic carbocycles. The van der Waals surface area contributed by atoms with Gasteiger partial charge in [0.1, 0.15) is 11.6 Å². The second kappa shape index (κ2) is 10.4. The molecule has 0 spiro atoms. The fourth-order valence-electron chi connectivity index (χ4n) is 4.04. The van der Waals surface area contributed by atoms with Crippen LogP contribution in [0.4, 0.5) is 11.4 Å². The second-order valence-electron chi connectivity index (χ2n) is 8.03. The molecule has 0 atom stereocenters. The van der Waals surface area contributed by atoms with Gasteiger partial charge in [0, 0.05) is 41.5 Å². The summed E-state index contributed by atoms with van der Waals surface area (Å²) in [6, 6.07) is 17.1. The molecule has 34 heavy (non-hydrogen) atoms. The molecule has 1 fully saturated rings. The van der Waals surface area contributed by atoms with Crippen LogP contribution in [-0.4, -0.2) is 36.8 Å². The molecule has 1 saturated heterocycles. The number of hydrogen-bond acceptors (Lipinski definition) is 4. The van der Waals surface area contributed by atoms with E-state index in [9.17, 15) is 10.1 Å². The van der Waals surface area contributed by atoms with Crippen molar-refractivity contribution in [2.45, 2.75) is 13.8 Å². The van der Waals surface area contributed by atoms with Gasteiger partial charge in [0.15, 0.2) is 0 Å². The third-order valence-corrected chi connectivity index (χ3v) is 6.54. The Bertz CT molecular complexity index is 1280. The Morgan fingerprint density at radius 2 is 1.71 bits per heavy atom. The Kier molecular flexibility index (Phi) is 7.28. The number of nitrogens with zero attached hydrogens (tertiary/aromatic N) is 3. The van der Waals surface area contributed by atoms with Gasteiger partial charge in [-0.15, -0.1) is 0 Å². The van der Waals surface area contributed by atoms with E-state index in [4.69, 9.17) is 27.9 Å². The zero-order chi connectivity index (χ0) is 24.2. The van der Waals surface area contributed by atoms with Gasteiger partial charge in [-0.1, -0.05) is 23.2 Å². The van der Waals surface area contributed by atoms with Crippen LogP contribution in [0.15, 0.2) is 54.1 Å². The topological polar surface area (TPSA) is 70.3 Å². The predicted molar refractivity (Wildman–Crippen MR) is 137 cm³/mol. The van der Waals surface area contributed by atoms with E-state index in [1.807, 2.05) is 26.0 Å². The molecule has 0 unspecified atom stereocenters. The summed E-state index contributed by atoms with van der Waals surface area (Å²) in [5, 5.41) is 13.0. The third-order valence-electron chi connectivity index (χ3n) is 5.80. The summed E-state index contributed by atoms with van der Waals surface area (Å²) in [6.45, 7) is 7.23. The Balaban J connectivity index is 1.57. The molecule has 1 aromatic heterocycles. The molecule has 174 valence electrons. The van der Waals surface area contributed by atoms with E-state index >= 15 is 0 Å². The number of aryl methyl sites for hydroxylation is 1. The van der Waals surface area contributed by atoms with Gasteiger partial charge in [0.25, 0.3) is 5.91 Å². The average molecular weight is 495 g/mol. The fraction of sp³-hybridized carbons (Fsp3) is 0.231. The number of hydrogen-bond donors (Lipinski definition) is 1. The number of aromatic nitrogens is 1. The monoisotopic (exact) mass is 494 g/mol. The minimum atomic E-state index is -0.513. The average Bonchev–Trinajstić information content (AvgIpc) is 3.13. The SMILES string of the molecule is Cc1cc(/C=C(/C#N)C(=O)Nc2ccc(Cl)c(Cl)c2)c(C)n1-c1ccc(N2CCOCC2)cc1. The van der Waals surface area contributed by atoms with E-state index in [-0.39, 0.29) is 5.57 Å². The number of halogens is 2. The highest BCUT2D eigenvalue weighted by molar-refractivity contribution is 6.42. The van der Waals surface area contributed by atoms with Crippen LogP contribution in [0.25, 0.3) is 11.8 Å². The van der Waals surface area contributed by atoms with Crippen LogP contribution in [0, 0.1) is 25.2 Å². The van der Waals surface area contributed by atoms with Gasteiger partial charge in [-0.05, 0) is 74.0 Å². The number of anilines is 2. The maximum absolute atomic E-state index is 12.7. The van der Waals surface area contributed by atoms with Crippen molar-refractivity contribution in [2.24, 2.45) is 0 Å². The molecule has 2 heterocycles. The van der Waals surface area contributed by atoms with Crippen LogP contribution < -0.4 is 10.2 Å². The number of ether oxygens (including phenoxy) is 1. The van der Waals surface area contributed by atoms with Crippen LogP contribution in [0.2, 0.25) is 10.0 Å². The maximum Gasteiger partial charge on any atom is 0.266 e. The van der Waals surface area contributed by atoms with Crippen LogP contribution in [0.5, 0.6) is 0 Å². The minimum absolute atomic E-state index is 0.00557. The normalized spacial score (nSPS) is 14.1. The third kappa shape index (κ3) is 5.13. The lowest BCUT2D eigenvalue weighted by molar-refractivity contribution is -0.112. The highest BCUT2D eigenvalue weighted by Crippen LogP contribution is 2.27. The molecule has 1 amide bonds. The van der Waals surface area contributed by atoms with Crippen LogP contribution >= 0.6 is 23.2 Å². The van der Waals surface area contributed by atoms with Gasteiger partial charge < -0.3 is 19.5 Å². The van der Waals surface area contributed by atoms with Gasteiger partial charge in [0.05, 0.1) is 23.3 Å². The van der Waals surface area contributed by atoms with Gasteiger partial charge in [0.2, 0.25) is 0 Å². The first kappa shape index (κ1) is 23.9. The van der Waals surface area contributed by atoms with Crippen LogP contribution in [0.1, 0.15) is 17.0 Å². The predicted octanol–water partition coefficient (Wildman–Crippen LogP) is 5.78. The van der Waals surface area contributed by atoms with E-state index in [1.54, 1.807) is 24.3 Å². The van der Waals surface area contributed by atoms with Crippen LogP contribution in [-0.2, 0) is 9.53 Å². The molecule has 1 aliphatic heterocycles. The molecule has 0 radical (unpaired) electrons. The highest BCUT2D eigenvalue weighted by Gasteiger charge is 2.16. The molecule has 0 aliphatic carbocycles. The summed E-state index contributed by atoms with van der Waals surface area (Å²) in [6.07, 6.45) is 1.60. The van der Waals surface area contributed by atoms with E-state index in [2.05, 4.69) is 39.0 Å². The molecule has 8 heteroatoms. The first-order valence-electron chi connectivity index (χ1n) is 10.9. The number of amides is 1. The number of carbonyl (C=O) groups excluding carboxylic acids is 1. The van der Waals surface area contributed by atoms with Gasteiger partial charge in [-0.25, -0.2) is 0 Å². The maximum atomic E-state index is 12.7. The largest absolute Gasteiger partial charge is 0.378 e. The van der Waals surface area contributed by atoms with Crippen molar-refractivity contribution in [3.05, 3.63) is 81.1 Å². The first-order chi connectivity index (χ1) is 16.4. The zero-order valence-electron chi connectivity index (χ0n) is 18.9. The lowest BCUT2D eigenvalue weighted by Gasteiger charge is -2.29. The van der Waals surface area contributed by atoms with Crippen molar-refractivity contribution in [3.63, 3.8) is 0 Å². The van der Waals surface area contributed by atoms with E-state index in [1.165, 1.54) is 5.69 Å². The van der Waals surface area contributed by atoms with E-state index in [0.29, 0.717) is 15.7 Å². The summed E-state index contributed by atoms with van der Waals surface area (Å²) in [5.74, 6) is -0.513. The summed E-state index contributed by atoms with van der Waals surface area (Å²) < 4.78 is 7.55.